The normalized spacial score (nSPS) is 19.4. The van der Waals surface area contributed by atoms with Gasteiger partial charge < -0.3 is 19.3 Å². The molecule has 33 heavy (non-hydrogen) atoms. The molecule has 2 aliphatic heterocycles. The first kappa shape index (κ1) is 23.5. The summed E-state index contributed by atoms with van der Waals surface area (Å²) in [7, 11) is -1.99. The van der Waals surface area contributed by atoms with Crippen molar-refractivity contribution in [1.82, 2.24) is 9.62 Å². The third-order valence-electron chi connectivity index (χ3n) is 6.16. The van der Waals surface area contributed by atoms with Crippen LogP contribution in [0.4, 0.5) is 5.69 Å². The van der Waals surface area contributed by atoms with Crippen LogP contribution in [-0.4, -0.2) is 71.8 Å². The number of carbonyl (C=O) groups is 1. The average Bonchev–Trinajstić information content (AvgIpc) is 3.25. The Balaban J connectivity index is 1.35. The molecule has 2 aliphatic rings. The van der Waals surface area contributed by atoms with Crippen LogP contribution in [0.5, 0.6) is 5.75 Å². The second kappa shape index (κ2) is 10.5. The molecule has 9 heteroatoms. The number of rotatable bonds is 7. The van der Waals surface area contributed by atoms with Crippen LogP contribution in [0.2, 0.25) is 0 Å². The van der Waals surface area contributed by atoms with Crippen molar-refractivity contribution in [1.29, 1.82) is 0 Å². The topological polar surface area (TPSA) is 88.2 Å². The van der Waals surface area contributed by atoms with Gasteiger partial charge in [0.1, 0.15) is 5.75 Å². The van der Waals surface area contributed by atoms with E-state index in [1.807, 2.05) is 29.2 Å². The van der Waals surface area contributed by atoms with Gasteiger partial charge in [-0.2, -0.15) is 0 Å². The second-order valence-electron chi connectivity index (χ2n) is 8.34. The fraction of sp³-hybridized carbons (Fsp3) is 0.458. The van der Waals surface area contributed by atoms with Gasteiger partial charge in [0.2, 0.25) is 10.0 Å². The van der Waals surface area contributed by atoms with Gasteiger partial charge in [0, 0.05) is 50.6 Å². The van der Waals surface area contributed by atoms with Gasteiger partial charge >= 0.3 is 0 Å². The Labute approximate surface area is 195 Å². The summed E-state index contributed by atoms with van der Waals surface area (Å²) in [6, 6.07) is 14.1. The number of carbonyl (C=O) groups excluding carboxylic acids is 1. The van der Waals surface area contributed by atoms with Crippen LogP contribution in [0.15, 0.2) is 53.4 Å². The van der Waals surface area contributed by atoms with Crippen molar-refractivity contribution in [2.24, 2.45) is 0 Å². The zero-order valence-electron chi connectivity index (χ0n) is 18.9. The maximum Gasteiger partial charge on any atom is 0.253 e. The van der Waals surface area contributed by atoms with E-state index in [1.165, 1.54) is 12.1 Å². The second-order valence-corrected chi connectivity index (χ2v) is 10.1. The Morgan fingerprint density at radius 3 is 2.45 bits per heavy atom. The number of nitrogens with zero attached hydrogens (tertiary/aromatic N) is 2. The first-order valence-electron chi connectivity index (χ1n) is 11.4. The van der Waals surface area contributed by atoms with Crippen molar-refractivity contribution in [2.45, 2.75) is 30.3 Å². The Morgan fingerprint density at radius 1 is 1.03 bits per heavy atom. The largest absolute Gasteiger partial charge is 0.497 e. The lowest BCUT2D eigenvalue weighted by Gasteiger charge is -2.24. The summed E-state index contributed by atoms with van der Waals surface area (Å²) < 4.78 is 38.4. The van der Waals surface area contributed by atoms with Crippen molar-refractivity contribution < 1.29 is 22.7 Å². The van der Waals surface area contributed by atoms with E-state index < -0.39 is 10.0 Å². The summed E-state index contributed by atoms with van der Waals surface area (Å²) in [4.78, 5) is 17.3. The van der Waals surface area contributed by atoms with Crippen LogP contribution in [-0.2, 0) is 14.8 Å². The first-order chi connectivity index (χ1) is 16.0. The van der Waals surface area contributed by atoms with Crippen molar-refractivity contribution in [3.05, 3.63) is 54.1 Å². The van der Waals surface area contributed by atoms with E-state index in [1.54, 1.807) is 19.2 Å². The summed E-state index contributed by atoms with van der Waals surface area (Å²) in [6.07, 6.45) is 2.61. The zero-order valence-corrected chi connectivity index (χ0v) is 19.7. The number of nitrogens with one attached hydrogen (secondary N) is 1. The lowest BCUT2D eigenvalue weighted by Crippen LogP contribution is -2.35. The fourth-order valence-corrected chi connectivity index (χ4v) is 5.29. The number of amides is 1. The molecule has 2 aromatic rings. The van der Waals surface area contributed by atoms with Crippen LogP contribution in [0.1, 0.15) is 29.6 Å². The Kier molecular flexibility index (Phi) is 7.52. The van der Waals surface area contributed by atoms with E-state index in [-0.39, 0.29) is 23.5 Å². The number of benzene rings is 2. The van der Waals surface area contributed by atoms with Gasteiger partial charge in [-0.15, -0.1) is 0 Å². The highest BCUT2D eigenvalue weighted by Gasteiger charge is 2.23. The van der Waals surface area contributed by atoms with Gasteiger partial charge in [0.25, 0.3) is 5.91 Å². The lowest BCUT2D eigenvalue weighted by molar-refractivity contribution is 0.0767. The minimum absolute atomic E-state index is 0.0684. The molecule has 4 rings (SSSR count). The minimum atomic E-state index is -3.63. The molecule has 0 radical (unpaired) electrons. The molecular formula is C24H31N3O5S. The summed E-state index contributed by atoms with van der Waals surface area (Å²) >= 11 is 0. The molecule has 2 saturated heterocycles. The molecule has 1 unspecified atom stereocenters. The smallest absolute Gasteiger partial charge is 0.253 e. The minimum Gasteiger partial charge on any atom is -0.497 e. The highest BCUT2D eigenvalue weighted by atomic mass is 32.2. The molecule has 0 spiro atoms. The molecule has 0 aliphatic carbocycles. The number of hydrogen-bond donors (Lipinski definition) is 1. The predicted molar refractivity (Wildman–Crippen MR) is 126 cm³/mol. The van der Waals surface area contributed by atoms with Crippen LogP contribution < -0.4 is 14.4 Å². The third kappa shape index (κ3) is 5.85. The van der Waals surface area contributed by atoms with Gasteiger partial charge in [-0.25, -0.2) is 13.1 Å². The van der Waals surface area contributed by atoms with Gasteiger partial charge in [0.15, 0.2) is 0 Å². The van der Waals surface area contributed by atoms with Crippen LogP contribution in [0, 0.1) is 0 Å². The number of sulfonamides is 1. The summed E-state index contributed by atoms with van der Waals surface area (Å²) in [6.45, 7) is 3.81. The molecule has 0 saturated carbocycles. The van der Waals surface area contributed by atoms with E-state index in [0.29, 0.717) is 25.3 Å². The van der Waals surface area contributed by atoms with Crippen LogP contribution in [0.3, 0.4) is 0 Å². The molecule has 0 bridgehead atoms. The molecular weight excluding hydrogens is 442 g/mol. The van der Waals surface area contributed by atoms with Crippen LogP contribution in [0.25, 0.3) is 0 Å². The number of hydrogen-bond acceptors (Lipinski definition) is 6. The molecule has 1 N–H and O–H groups in total. The maximum absolute atomic E-state index is 13.0. The molecule has 1 amide bonds. The van der Waals surface area contributed by atoms with Crippen LogP contribution >= 0.6 is 0 Å². The average molecular weight is 474 g/mol. The highest BCUT2D eigenvalue weighted by Crippen LogP contribution is 2.21. The van der Waals surface area contributed by atoms with Crippen molar-refractivity contribution in [3.8, 4) is 5.75 Å². The summed E-state index contributed by atoms with van der Waals surface area (Å²) in [5.41, 5.74) is 1.60. The quantitative estimate of drug-likeness (QED) is 0.665. The number of ether oxygens (including phenoxy) is 2. The lowest BCUT2D eigenvalue weighted by atomic mass is 10.2. The van der Waals surface area contributed by atoms with Gasteiger partial charge in [-0.1, -0.05) is 0 Å². The molecule has 178 valence electrons. The van der Waals surface area contributed by atoms with Crippen molar-refractivity contribution >= 4 is 21.6 Å². The Morgan fingerprint density at radius 2 is 1.79 bits per heavy atom. The number of anilines is 1. The van der Waals surface area contributed by atoms with E-state index >= 15 is 0 Å². The first-order valence-corrected chi connectivity index (χ1v) is 12.8. The standard InChI is InChI=1S/C24H31N3O5S/c1-31-21-9-7-20(8-10-21)26-13-3-14-27(16-15-26)24(28)19-5-11-23(12-6-19)33(29,30)25-18-22-4-2-17-32-22/h5-12,22,25H,2-4,13-18H2,1H3. The Hall–Kier alpha value is -2.62. The highest BCUT2D eigenvalue weighted by molar-refractivity contribution is 7.89. The van der Waals surface area contributed by atoms with E-state index in [4.69, 9.17) is 9.47 Å². The van der Waals surface area contributed by atoms with Gasteiger partial charge in [0.05, 0.1) is 18.1 Å². The zero-order chi connectivity index (χ0) is 23.3. The monoisotopic (exact) mass is 473 g/mol. The van der Waals surface area contributed by atoms with Crippen molar-refractivity contribution in [3.63, 3.8) is 0 Å². The van der Waals surface area contributed by atoms with E-state index in [2.05, 4.69) is 9.62 Å². The third-order valence-corrected chi connectivity index (χ3v) is 7.60. The molecule has 8 nitrogen and oxygen atoms in total. The number of methoxy groups -OCH3 is 1. The fourth-order valence-electron chi connectivity index (χ4n) is 4.22. The molecule has 2 aromatic carbocycles. The summed E-state index contributed by atoms with van der Waals surface area (Å²) in [5.74, 6) is 0.737. The molecule has 2 fully saturated rings. The predicted octanol–water partition coefficient (Wildman–Crippen LogP) is 2.50. The summed E-state index contributed by atoms with van der Waals surface area (Å²) in [5, 5.41) is 0. The van der Waals surface area contributed by atoms with Gasteiger partial charge in [-0.05, 0) is 67.8 Å². The SMILES string of the molecule is COc1ccc(N2CCCN(C(=O)c3ccc(S(=O)(=O)NCC4CCCO4)cc3)CC2)cc1. The van der Waals surface area contributed by atoms with E-state index in [0.717, 1.165) is 43.8 Å². The Bertz CT molecular complexity index is 1030. The van der Waals surface area contributed by atoms with Crippen molar-refractivity contribution in [2.75, 3.05) is 51.3 Å². The molecule has 1 atom stereocenters. The molecule has 2 heterocycles. The van der Waals surface area contributed by atoms with Gasteiger partial charge in [-0.3, -0.25) is 4.79 Å². The van der Waals surface area contributed by atoms with E-state index in [9.17, 15) is 13.2 Å². The molecule has 0 aromatic heterocycles. The maximum atomic E-state index is 13.0.